The number of hydrogen-bond donors (Lipinski definition) is 1. The van der Waals surface area contributed by atoms with Crippen LogP contribution in [0.2, 0.25) is 0 Å². The molecule has 0 aromatic heterocycles. The van der Waals surface area contributed by atoms with Gasteiger partial charge in [-0.25, -0.2) is 0 Å². The Morgan fingerprint density at radius 3 is 2.30 bits per heavy atom. The Hall–Kier alpha value is -2.43. The Balaban J connectivity index is 2.36. The lowest BCUT2D eigenvalue weighted by molar-refractivity contribution is -0.274. The van der Waals surface area contributed by atoms with E-state index in [0.717, 1.165) is 5.56 Å². The number of rotatable bonds is 3. The van der Waals surface area contributed by atoms with Crippen LogP contribution in [0.1, 0.15) is 11.1 Å². The number of nitrogens with two attached hydrogens (primary N) is 1. The molecule has 0 radical (unpaired) electrons. The van der Waals surface area contributed by atoms with E-state index in [0.29, 0.717) is 16.8 Å². The second kappa shape index (κ2) is 5.28. The van der Waals surface area contributed by atoms with Crippen LogP contribution in [0.5, 0.6) is 5.75 Å². The maximum absolute atomic E-state index is 12.2. The molecule has 0 saturated heterocycles. The maximum atomic E-state index is 12.2. The van der Waals surface area contributed by atoms with Gasteiger partial charge in [0.15, 0.2) is 0 Å². The normalized spacial score (nSPS) is 11.2. The van der Waals surface area contributed by atoms with Crippen molar-refractivity contribution in [3.8, 4) is 5.75 Å². The number of anilines is 1. The molecule has 2 nitrogen and oxygen atoms in total. The summed E-state index contributed by atoms with van der Waals surface area (Å²) in [4.78, 5) is 0. The second-order valence-corrected chi connectivity index (χ2v) is 4.14. The third kappa shape index (κ3) is 3.32. The lowest BCUT2D eigenvalue weighted by Gasteiger charge is -2.13. The molecule has 2 aromatic rings. The van der Waals surface area contributed by atoms with Gasteiger partial charge in [0.2, 0.25) is 0 Å². The first kappa shape index (κ1) is 14.0. The molecule has 0 heterocycles. The average molecular weight is 279 g/mol. The summed E-state index contributed by atoms with van der Waals surface area (Å²) in [6, 6.07) is 12.8. The zero-order valence-corrected chi connectivity index (χ0v) is 10.4. The van der Waals surface area contributed by atoms with E-state index in [1.807, 2.05) is 18.2 Å². The fourth-order valence-corrected chi connectivity index (χ4v) is 1.79. The molecule has 0 amide bonds. The minimum atomic E-state index is -4.73. The molecule has 104 valence electrons. The lowest BCUT2D eigenvalue weighted by Crippen LogP contribution is -2.17. The van der Waals surface area contributed by atoms with Gasteiger partial charge in [-0.15, -0.1) is 13.2 Å². The zero-order valence-electron chi connectivity index (χ0n) is 10.4. The van der Waals surface area contributed by atoms with Crippen molar-refractivity contribution in [1.29, 1.82) is 0 Å². The second-order valence-electron chi connectivity index (χ2n) is 4.14. The first-order valence-electron chi connectivity index (χ1n) is 5.77. The van der Waals surface area contributed by atoms with Crippen molar-refractivity contribution >= 4 is 11.3 Å². The van der Waals surface area contributed by atoms with Crippen molar-refractivity contribution < 1.29 is 17.9 Å². The largest absolute Gasteiger partial charge is 0.573 e. The van der Waals surface area contributed by atoms with Crippen molar-refractivity contribution in [2.45, 2.75) is 6.36 Å². The van der Waals surface area contributed by atoms with Crippen LogP contribution in [0.25, 0.3) is 5.57 Å². The quantitative estimate of drug-likeness (QED) is 0.853. The van der Waals surface area contributed by atoms with Crippen molar-refractivity contribution in [2.24, 2.45) is 0 Å². The Morgan fingerprint density at radius 2 is 1.70 bits per heavy atom. The van der Waals surface area contributed by atoms with Gasteiger partial charge in [-0.3, -0.25) is 0 Å². The molecule has 0 unspecified atom stereocenters. The Bertz CT molecular complexity index is 621. The fourth-order valence-electron chi connectivity index (χ4n) is 1.79. The molecule has 0 aliphatic carbocycles. The summed E-state index contributed by atoms with van der Waals surface area (Å²) in [5, 5.41) is 0. The number of ether oxygens (including phenoxy) is 1. The number of alkyl halides is 3. The Kier molecular flexibility index (Phi) is 3.70. The van der Waals surface area contributed by atoms with E-state index >= 15 is 0 Å². The van der Waals surface area contributed by atoms with Gasteiger partial charge in [-0.05, 0) is 29.3 Å². The van der Waals surface area contributed by atoms with Gasteiger partial charge in [0.05, 0.1) is 0 Å². The third-order valence-electron chi connectivity index (χ3n) is 2.71. The highest BCUT2D eigenvalue weighted by atomic mass is 19.4. The molecule has 5 heteroatoms. The molecular weight excluding hydrogens is 267 g/mol. The third-order valence-corrected chi connectivity index (χ3v) is 2.71. The smallest absolute Gasteiger partial charge is 0.406 e. The van der Waals surface area contributed by atoms with Gasteiger partial charge >= 0.3 is 6.36 Å². The topological polar surface area (TPSA) is 35.2 Å². The molecule has 0 saturated carbocycles. The van der Waals surface area contributed by atoms with Gasteiger partial charge in [0.25, 0.3) is 0 Å². The summed E-state index contributed by atoms with van der Waals surface area (Å²) in [6.45, 7) is 3.88. The van der Waals surface area contributed by atoms with E-state index in [1.54, 1.807) is 12.1 Å². The minimum Gasteiger partial charge on any atom is -0.406 e. The van der Waals surface area contributed by atoms with Crippen LogP contribution in [0.3, 0.4) is 0 Å². The Labute approximate surface area is 114 Å². The molecule has 0 atom stereocenters. The molecule has 2 rings (SSSR count). The fraction of sp³-hybridized carbons (Fsp3) is 0.0667. The molecule has 0 spiro atoms. The van der Waals surface area contributed by atoms with Gasteiger partial charge in [0.1, 0.15) is 5.75 Å². The summed E-state index contributed by atoms with van der Waals surface area (Å²) < 4.78 is 40.6. The first-order chi connectivity index (χ1) is 9.37. The molecule has 0 aliphatic rings. The molecule has 0 fully saturated rings. The van der Waals surface area contributed by atoms with Crippen molar-refractivity contribution in [3.63, 3.8) is 0 Å². The monoisotopic (exact) mass is 279 g/mol. The summed E-state index contributed by atoms with van der Waals surface area (Å²) in [5.74, 6) is -0.321. The van der Waals surface area contributed by atoms with Crippen LogP contribution in [0.4, 0.5) is 18.9 Å². The Morgan fingerprint density at radius 1 is 1.05 bits per heavy atom. The maximum Gasteiger partial charge on any atom is 0.573 e. The number of benzene rings is 2. The molecule has 2 N–H and O–H groups in total. The van der Waals surface area contributed by atoms with Crippen LogP contribution in [0.15, 0.2) is 55.1 Å². The SMILES string of the molecule is C=C(c1ccccc1)c1cc(OC(F)(F)F)ccc1N. The summed E-state index contributed by atoms with van der Waals surface area (Å²) >= 11 is 0. The van der Waals surface area contributed by atoms with E-state index in [-0.39, 0.29) is 5.75 Å². The number of hydrogen-bond acceptors (Lipinski definition) is 2. The summed E-state index contributed by atoms with van der Waals surface area (Å²) in [5.41, 5.74) is 7.87. The molecule has 2 aromatic carbocycles. The van der Waals surface area contributed by atoms with E-state index in [4.69, 9.17) is 5.73 Å². The van der Waals surface area contributed by atoms with Gasteiger partial charge in [-0.1, -0.05) is 36.9 Å². The standard InChI is InChI=1S/C15H12F3NO/c1-10(11-5-3-2-4-6-11)13-9-12(7-8-14(13)19)20-15(16,17)18/h2-9H,1,19H2. The molecule has 0 aliphatic heterocycles. The van der Waals surface area contributed by atoms with Crippen LogP contribution in [-0.2, 0) is 0 Å². The van der Waals surface area contributed by atoms with Gasteiger partial charge < -0.3 is 10.5 Å². The molecule has 0 bridgehead atoms. The van der Waals surface area contributed by atoms with E-state index < -0.39 is 6.36 Å². The van der Waals surface area contributed by atoms with Gasteiger partial charge in [-0.2, -0.15) is 0 Å². The summed E-state index contributed by atoms with van der Waals surface area (Å²) in [7, 11) is 0. The van der Waals surface area contributed by atoms with E-state index in [9.17, 15) is 13.2 Å². The predicted octanol–water partition coefficient (Wildman–Crippen LogP) is 4.23. The number of nitrogen functional groups attached to an aromatic ring is 1. The molecular formula is C15H12F3NO. The van der Waals surface area contributed by atoms with Crippen LogP contribution in [0, 0.1) is 0 Å². The average Bonchev–Trinajstić information content (AvgIpc) is 2.40. The minimum absolute atomic E-state index is 0.321. The van der Waals surface area contributed by atoms with Crippen molar-refractivity contribution in [1.82, 2.24) is 0 Å². The predicted molar refractivity (Wildman–Crippen MR) is 72.1 cm³/mol. The van der Waals surface area contributed by atoms with E-state index in [2.05, 4.69) is 11.3 Å². The molecule has 20 heavy (non-hydrogen) atoms. The van der Waals surface area contributed by atoms with Crippen molar-refractivity contribution in [2.75, 3.05) is 5.73 Å². The highest BCUT2D eigenvalue weighted by Crippen LogP contribution is 2.31. The van der Waals surface area contributed by atoms with Crippen molar-refractivity contribution in [3.05, 3.63) is 66.2 Å². The number of halogens is 3. The summed E-state index contributed by atoms with van der Waals surface area (Å²) in [6.07, 6.45) is -4.73. The van der Waals surface area contributed by atoms with Crippen LogP contribution in [-0.4, -0.2) is 6.36 Å². The van der Waals surface area contributed by atoms with Crippen LogP contribution >= 0.6 is 0 Å². The highest BCUT2D eigenvalue weighted by Gasteiger charge is 2.31. The highest BCUT2D eigenvalue weighted by molar-refractivity contribution is 5.84. The first-order valence-corrected chi connectivity index (χ1v) is 5.77. The van der Waals surface area contributed by atoms with Gasteiger partial charge in [0, 0.05) is 11.3 Å². The zero-order chi connectivity index (χ0) is 14.8. The van der Waals surface area contributed by atoms with Crippen LogP contribution < -0.4 is 10.5 Å². The van der Waals surface area contributed by atoms with E-state index in [1.165, 1.54) is 18.2 Å². The lowest BCUT2D eigenvalue weighted by atomic mass is 9.98.